The monoisotopic (exact) mass is 533 g/mol. The summed E-state index contributed by atoms with van der Waals surface area (Å²) in [6, 6.07) is 19.6. The number of benzene rings is 2. The van der Waals surface area contributed by atoms with Crippen LogP contribution >= 0.6 is 12.4 Å². The van der Waals surface area contributed by atoms with Gasteiger partial charge in [-0.05, 0) is 48.1 Å². The number of halogens is 1. The normalized spacial score (nSPS) is 15.4. The molecule has 1 aliphatic heterocycles. The lowest BCUT2D eigenvalue weighted by Crippen LogP contribution is -2.37. The number of esters is 1. The second-order valence-electron chi connectivity index (χ2n) is 8.19. The topological polar surface area (TPSA) is 116 Å². The van der Waals surface area contributed by atoms with Crippen LogP contribution in [0.4, 0.5) is 4.79 Å². The summed E-state index contributed by atoms with van der Waals surface area (Å²) in [7, 11) is -4.47. The number of hydrogen-bond donors (Lipinski definition) is 2. The molecule has 0 radical (unpaired) electrons. The maximum atomic E-state index is 13.1. The highest BCUT2D eigenvalue weighted by molar-refractivity contribution is 7.88. The molecule has 4 rings (SSSR count). The molecule has 1 fully saturated rings. The van der Waals surface area contributed by atoms with Crippen LogP contribution in [0.5, 0.6) is 0 Å². The fraction of sp³-hybridized carbons (Fsp3) is 0.280. The molecule has 11 heteroatoms. The molecule has 0 spiro atoms. The van der Waals surface area contributed by atoms with E-state index in [1.165, 1.54) is 6.20 Å². The highest BCUT2D eigenvalue weighted by atomic mass is 35.5. The number of piperidine rings is 1. The molecule has 1 aromatic heterocycles. The Hall–Kier alpha value is -3.34. The Balaban J connectivity index is 0.00000361. The Morgan fingerprint density at radius 1 is 0.944 bits per heavy atom. The summed E-state index contributed by atoms with van der Waals surface area (Å²) in [6.07, 6.45) is 1.80. The first kappa shape index (κ1) is 27.3. The minimum Gasteiger partial charge on any atom is -0.456 e. The van der Waals surface area contributed by atoms with Crippen LogP contribution in [0.25, 0.3) is 0 Å². The number of aromatic nitrogens is 1. The predicted octanol–water partition coefficient (Wildman–Crippen LogP) is 3.75. The van der Waals surface area contributed by atoms with E-state index in [-0.39, 0.29) is 37.2 Å². The van der Waals surface area contributed by atoms with Gasteiger partial charge >= 0.3 is 22.3 Å². The van der Waals surface area contributed by atoms with E-state index in [1.807, 2.05) is 29.0 Å². The molecule has 36 heavy (non-hydrogen) atoms. The van der Waals surface area contributed by atoms with Crippen molar-refractivity contribution < 1.29 is 27.5 Å². The van der Waals surface area contributed by atoms with Gasteiger partial charge in [-0.2, -0.15) is 8.42 Å². The number of ether oxygens (including phenoxy) is 2. The highest BCUT2D eigenvalue weighted by Gasteiger charge is 2.31. The summed E-state index contributed by atoms with van der Waals surface area (Å²) in [4.78, 5) is 25.4. The van der Waals surface area contributed by atoms with Crippen LogP contribution in [-0.2, 0) is 32.9 Å². The van der Waals surface area contributed by atoms with Gasteiger partial charge in [0.25, 0.3) is 0 Å². The summed E-state index contributed by atoms with van der Waals surface area (Å²) >= 11 is 0. The van der Waals surface area contributed by atoms with E-state index in [0.29, 0.717) is 17.7 Å². The molecule has 3 aromatic rings. The first-order chi connectivity index (χ1) is 16.9. The summed E-state index contributed by atoms with van der Waals surface area (Å²) in [5.41, 5.74) is 1.90. The van der Waals surface area contributed by atoms with Gasteiger partial charge in [-0.1, -0.05) is 60.7 Å². The first-order valence-electron chi connectivity index (χ1n) is 11.3. The summed E-state index contributed by atoms with van der Waals surface area (Å²) < 4.78 is 39.3. The zero-order valence-corrected chi connectivity index (χ0v) is 21.1. The Morgan fingerprint density at radius 3 is 2.14 bits per heavy atom. The number of nitrogens with zero attached hydrogens (tertiary/aromatic N) is 1. The number of nitrogens with one attached hydrogen (secondary N) is 2. The van der Waals surface area contributed by atoms with E-state index in [2.05, 4.69) is 5.32 Å². The van der Waals surface area contributed by atoms with Gasteiger partial charge in [0.2, 0.25) is 0 Å². The summed E-state index contributed by atoms with van der Waals surface area (Å²) in [5.74, 6) is -0.855. The van der Waals surface area contributed by atoms with Crippen LogP contribution in [0.2, 0.25) is 0 Å². The standard InChI is InChI=1S/C25H27N3O6S.ClH/c29-24(33-17-19-8-3-1-4-9-19)23-22(21-12-7-14-26-16-21)13-15-28(23)35(31,32)27-25(30)34-18-20-10-5-2-6-11-20;/h1-6,8-11,13,15,21,26H,7,12,14,16-18H2,(H,27,30);1H. The van der Waals surface area contributed by atoms with E-state index in [9.17, 15) is 18.0 Å². The van der Waals surface area contributed by atoms with E-state index in [0.717, 1.165) is 28.9 Å². The van der Waals surface area contributed by atoms with Gasteiger partial charge in [-0.15, -0.1) is 12.4 Å². The largest absolute Gasteiger partial charge is 0.456 e. The lowest BCUT2D eigenvalue weighted by atomic mass is 9.92. The Kier molecular flexibility index (Phi) is 9.51. The van der Waals surface area contributed by atoms with Crippen molar-refractivity contribution in [3.63, 3.8) is 0 Å². The van der Waals surface area contributed by atoms with E-state index >= 15 is 0 Å². The fourth-order valence-corrected chi connectivity index (χ4v) is 4.99. The molecule has 0 saturated carbocycles. The first-order valence-corrected chi connectivity index (χ1v) is 12.7. The molecular weight excluding hydrogens is 506 g/mol. The van der Waals surface area contributed by atoms with Crippen molar-refractivity contribution in [2.24, 2.45) is 0 Å². The molecule has 2 N–H and O–H groups in total. The molecule has 2 aromatic carbocycles. The minimum absolute atomic E-state index is 0. The molecular formula is C25H28ClN3O6S. The van der Waals surface area contributed by atoms with E-state index in [4.69, 9.17) is 9.47 Å². The number of carbonyl (C=O) groups excluding carboxylic acids is 2. The van der Waals surface area contributed by atoms with Gasteiger partial charge in [0.15, 0.2) is 0 Å². The van der Waals surface area contributed by atoms with Gasteiger partial charge in [0, 0.05) is 12.7 Å². The van der Waals surface area contributed by atoms with Gasteiger partial charge < -0.3 is 14.8 Å². The third-order valence-electron chi connectivity index (χ3n) is 5.71. The van der Waals surface area contributed by atoms with Crippen molar-refractivity contribution in [2.45, 2.75) is 32.0 Å². The second-order valence-corrected chi connectivity index (χ2v) is 9.74. The van der Waals surface area contributed by atoms with Crippen molar-refractivity contribution in [3.8, 4) is 0 Å². The zero-order valence-electron chi connectivity index (χ0n) is 19.5. The number of amides is 1. The maximum Gasteiger partial charge on any atom is 0.422 e. The molecule has 1 aliphatic rings. The van der Waals surface area contributed by atoms with Crippen molar-refractivity contribution in [1.29, 1.82) is 0 Å². The average Bonchev–Trinajstić information content (AvgIpc) is 3.34. The van der Waals surface area contributed by atoms with E-state index in [1.54, 1.807) is 42.5 Å². The summed E-state index contributed by atoms with van der Waals surface area (Å²) in [5, 5.41) is 3.27. The molecule has 0 bridgehead atoms. The third kappa shape index (κ3) is 6.87. The molecule has 9 nitrogen and oxygen atoms in total. The van der Waals surface area contributed by atoms with Crippen molar-refractivity contribution in [3.05, 3.63) is 95.3 Å². The minimum atomic E-state index is -4.47. The fourth-order valence-electron chi connectivity index (χ4n) is 3.98. The van der Waals surface area contributed by atoms with Gasteiger partial charge in [0.05, 0.1) is 0 Å². The average molecular weight is 534 g/mol. The van der Waals surface area contributed by atoms with Crippen LogP contribution in [0.15, 0.2) is 72.9 Å². The van der Waals surface area contributed by atoms with Gasteiger partial charge in [-0.3, -0.25) is 0 Å². The van der Waals surface area contributed by atoms with Gasteiger partial charge in [0.1, 0.15) is 18.9 Å². The van der Waals surface area contributed by atoms with Crippen molar-refractivity contribution >= 4 is 34.7 Å². The van der Waals surface area contributed by atoms with Crippen molar-refractivity contribution in [1.82, 2.24) is 14.0 Å². The molecule has 2 heterocycles. The maximum absolute atomic E-state index is 13.1. The zero-order chi connectivity index (χ0) is 24.7. The highest BCUT2D eigenvalue weighted by Crippen LogP contribution is 2.29. The third-order valence-corrected chi connectivity index (χ3v) is 6.96. The Labute approximate surface area is 216 Å². The number of rotatable bonds is 8. The van der Waals surface area contributed by atoms with E-state index < -0.39 is 22.3 Å². The number of hydrogen-bond acceptors (Lipinski definition) is 7. The summed E-state index contributed by atoms with van der Waals surface area (Å²) in [6.45, 7) is 1.35. The quantitative estimate of drug-likeness (QED) is 0.424. The van der Waals surface area contributed by atoms with Crippen LogP contribution < -0.4 is 10.0 Å². The van der Waals surface area contributed by atoms with Crippen LogP contribution in [0.3, 0.4) is 0 Å². The van der Waals surface area contributed by atoms with Crippen LogP contribution in [0, 0.1) is 0 Å². The Bertz CT molecular complexity index is 1260. The molecule has 1 unspecified atom stereocenters. The van der Waals surface area contributed by atoms with Crippen molar-refractivity contribution in [2.75, 3.05) is 13.1 Å². The van der Waals surface area contributed by atoms with Crippen LogP contribution in [0.1, 0.15) is 45.9 Å². The number of carbonyl (C=O) groups is 2. The second kappa shape index (κ2) is 12.6. The predicted molar refractivity (Wildman–Crippen MR) is 136 cm³/mol. The lowest BCUT2D eigenvalue weighted by Gasteiger charge is -2.23. The molecule has 1 amide bonds. The molecule has 1 saturated heterocycles. The van der Waals surface area contributed by atoms with Gasteiger partial charge in [-0.25, -0.2) is 18.3 Å². The smallest absolute Gasteiger partial charge is 0.422 e. The molecule has 192 valence electrons. The molecule has 1 atom stereocenters. The SMILES string of the molecule is Cl.O=C(NS(=O)(=O)n1ccc(C2CCCNC2)c1C(=O)OCc1ccccc1)OCc1ccccc1. The van der Waals surface area contributed by atoms with Crippen LogP contribution in [-0.4, -0.2) is 37.5 Å². The molecule has 0 aliphatic carbocycles. The lowest BCUT2D eigenvalue weighted by molar-refractivity contribution is 0.0462. The Morgan fingerprint density at radius 2 is 1.56 bits per heavy atom.